The van der Waals surface area contributed by atoms with Gasteiger partial charge in [0, 0.05) is 8.06 Å². The summed E-state index contributed by atoms with van der Waals surface area (Å²) in [4.78, 5) is 0. The normalized spacial score (nSPS) is 12.5. The Balaban J connectivity index is 2.66. The van der Waals surface area contributed by atoms with Gasteiger partial charge in [-0.15, -0.1) is 0 Å². The second-order valence-corrected chi connectivity index (χ2v) is 6.44. The first-order valence-electron chi connectivity index (χ1n) is 6.27. The molecule has 1 aromatic carbocycles. The Morgan fingerprint density at radius 1 is 1.18 bits per heavy atom. The Bertz CT molecular complexity index is 382. The molecule has 0 aliphatic heterocycles. The molecular formula is C15H20BrI. The van der Waals surface area contributed by atoms with Crippen LogP contribution in [0.3, 0.4) is 0 Å². The Labute approximate surface area is 127 Å². The molecule has 0 saturated carbocycles. The summed E-state index contributed by atoms with van der Waals surface area (Å²) >= 11 is 6.22. The molecule has 0 saturated heterocycles. The molecule has 0 N–H and O–H groups in total. The third-order valence-corrected chi connectivity index (χ3v) is 5.60. The van der Waals surface area contributed by atoms with Crippen LogP contribution in [0.4, 0.5) is 0 Å². The van der Waals surface area contributed by atoms with Crippen molar-refractivity contribution in [1.82, 2.24) is 0 Å². The summed E-state index contributed by atoms with van der Waals surface area (Å²) in [6.45, 7) is 4.42. The Morgan fingerprint density at radius 3 is 2.53 bits per heavy atom. The zero-order valence-corrected chi connectivity index (χ0v) is 14.3. The van der Waals surface area contributed by atoms with Crippen molar-refractivity contribution in [2.75, 3.05) is 0 Å². The third-order valence-electron chi connectivity index (χ3n) is 2.87. The first kappa shape index (κ1) is 15.2. The summed E-state index contributed by atoms with van der Waals surface area (Å²) in [5.41, 5.74) is 2.66. The van der Waals surface area contributed by atoms with Crippen molar-refractivity contribution in [1.29, 1.82) is 0 Å². The lowest BCUT2D eigenvalue weighted by Crippen LogP contribution is -1.86. The number of hydrogen-bond donors (Lipinski definition) is 0. The van der Waals surface area contributed by atoms with E-state index in [1.165, 1.54) is 51.3 Å². The van der Waals surface area contributed by atoms with E-state index in [1.54, 1.807) is 0 Å². The second-order valence-electron chi connectivity index (χ2n) is 4.34. The van der Waals surface area contributed by atoms with E-state index < -0.39 is 0 Å². The molecule has 0 aromatic heterocycles. The SMILES string of the molecule is CCCCCC/C(I)=C(\Br)c1ccccc1C. The molecule has 0 fully saturated rings. The summed E-state index contributed by atoms with van der Waals surface area (Å²) in [5, 5.41) is 0. The number of hydrogen-bond acceptors (Lipinski definition) is 0. The van der Waals surface area contributed by atoms with Gasteiger partial charge in [0.15, 0.2) is 0 Å². The van der Waals surface area contributed by atoms with Gasteiger partial charge < -0.3 is 0 Å². The predicted molar refractivity (Wildman–Crippen MR) is 89.8 cm³/mol. The maximum Gasteiger partial charge on any atom is 0.0343 e. The summed E-state index contributed by atoms with van der Waals surface area (Å²) in [7, 11) is 0. The van der Waals surface area contributed by atoms with Crippen molar-refractivity contribution in [2.24, 2.45) is 0 Å². The summed E-state index contributed by atoms with van der Waals surface area (Å²) in [6.07, 6.45) is 6.49. The quantitative estimate of drug-likeness (QED) is 0.375. The highest BCUT2D eigenvalue weighted by Crippen LogP contribution is 2.33. The Morgan fingerprint density at radius 2 is 1.88 bits per heavy atom. The van der Waals surface area contributed by atoms with Crippen LogP contribution in [-0.2, 0) is 0 Å². The fourth-order valence-corrected chi connectivity index (χ4v) is 3.10. The molecule has 0 aliphatic rings. The van der Waals surface area contributed by atoms with Crippen LogP contribution < -0.4 is 0 Å². The zero-order chi connectivity index (χ0) is 12.7. The van der Waals surface area contributed by atoms with E-state index >= 15 is 0 Å². The van der Waals surface area contributed by atoms with Crippen LogP contribution in [0.1, 0.15) is 50.2 Å². The fraction of sp³-hybridized carbons (Fsp3) is 0.467. The molecule has 94 valence electrons. The van der Waals surface area contributed by atoms with Crippen LogP contribution >= 0.6 is 38.5 Å². The molecule has 0 atom stereocenters. The van der Waals surface area contributed by atoms with Crippen molar-refractivity contribution in [3.63, 3.8) is 0 Å². The van der Waals surface area contributed by atoms with Crippen molar-refractivity contribution in [3.8, 4) is 0 Å². The minimum atomic E-state index is 1.19. The molecule has 0 unspecified atom stereocenters. The summed E-state index contributed by atoms with van der Waals surface area (Å²) < 4.78 is 2.71. The number of rotatable bonds is 6. The molecule has 0 amide bonds. The van der Waals surface area contributed by atoms with E-state index in [-0.39, 0.29) is 0 Å². The van der Waals surface area contributed by atoms with Crippen LogP contribution in [0.2, 0.25) is 0 Å². The van der Waals surface area contributed by atoms with Crippen LogP contribution in [0, 0.1) is 6.92 Å². The molecule has 0 radical (unpaired) electrons. The number of aryl methyl sites for hydroxylation is 1. The first-order chi connectivity index (χ1) is 8.16. The van der Waals surface area contributed by atoms with Crippen molar-refractivity contribution in [2.45, 2.75) is 46.0 Å². The highest BCUT2D eigenvalue weighted by atomic mass is 127. The van der Waals surface area contributed by atoms with Gasteiger partial charge in [-0.3, -0.25) is 0 Å². The molecule has 0 heterocycles. The van der Waals surface area contributed by atoms with E-state index in [9.17, 15) is 0 Å². The third kappa shape index (κ3) is 5.12. The van der Waals surface area contributed by atoms with E-state index in [4.69, 9.17) is 0 Å². The van der Waals surface area contributed by atoms with Crippen molar-refractivity contribution >= 4 is 43.0 Å². The topological polar surface area (TPSA) is 0 Å². The Hall–Kier alpha value is 0.170. The number of allylic oxidation sites excluding steroid dienone is 1. The number of benzene rings is 1. The lowest BCUT2D eigenvalue weighted by Gasteiger charge is -2.08. The molecule has 0 spiro atoms. The molecule has 17 heavy (non-hydrogen) atoms. The van der Waals surface area contributed by atoms with Crippen molar-refractivity contribution in [3.05, 3.63) is 39.0 Å². The van der Waals surface area contributed by atoms with Gasteiger partial charge in [0.25, 0.3) is 0 Å². The van der Waals surface area contributed by atoms with Crippen LogP contribution in [-0.4, -0.2) is 0 Å². The molecule has 0 bridgehead atoms. The standard InChI is InChI=1S/C15H20BrI/c1-3-4-5-6-11-14(17)15(16)13-10-8-7-9-12(13)2/h7-10H,3-6,11H2,1-2H3/b15-14+. The summed E-state index contributed by atoms with van der Waals surface area (Å²) in [5.74, 6) is 0. The first-order valence-corrected chi connectivity index (χ1v) is 8.14. The Kier molecular flexibility index (Phi) is 7.44. The van der Waals surface area contributed by atoms with Gasteiger partial charge in [0.05, 0.1) is 0 Å². The van der Waals surface area contributed by atoms with Crippen LogP contribution in [0.15, 0.2) is 27.8 Å². The highest BCUT2D eigenvalue weighted by molar-refractivity contribution is 14.1. The van der Waals surface area contributed by atoms with Crippen LogP contribution in [0.5, 0.6) is 0 Å². The highest BCUT2D eigenvalue weighted by Gasteiger charge is 2.06. The fourth-order valence-electron chi connectivity index (χ4n) is 1.78. The number of unbranched alkanes of at least 4 members (excludes halogenated alkanes) is 3. The average Bonchev–Trinajstić information content (AvgIpc) is 2.34. The van der Waals surface area contributed by atoms with Gasteiger partial charge in [-0.05, 0) is 69.4 Å². The second kappa shape index (κ2) is 8.30. The average molecular weight is 407 g/mol. The molecule has 1 aromatic rings. The number of halogens is 2. The predicted octanol–water partition coefficient (Wildman–Crippen LogP) is 6.46. The molecule has 0 nitrogen and oxygen atoms in total. The molecular weight excluding hydrogens is 387 g/mol. The smallest absolute Gasteiger partial charge is 0.0343 e. The largest absolute Gasteiger partial charge is 0.0654 e. The van der Waals surface area contributed by atoms with E-state index in [2.05, 4.69) is 76.6 Å². The van der Waals surface area contributed by atoms with Gasteiger partial charge in [0.2, 0.25) is 0 Å². The van der Waals surface area contributed by atoms with E-state index in [0.717, 1.165) is 0 Å². The lowest BCUT2D eigenvalue weighted by molar-refractivity contribution is 0.674. The van der Waals surface area contributed by atoms with Crippen molar-refractivity contribution < 1.29 is 0 Å². The van der Waals surface area contributed by atoms with E-state index in [0.29, 0.717) is 0 Å². The van der Waals surface area contributed by atoms with Crippen LogP contribution in [0.25, 0.3) is 4.48 Å². The molecule has 2 heteroatoms. The van der Waals surface area contributed by atoms with Gasteiger partial charge in [-0.25, -0.2) is 0 Å². The molecule has 0 aliphatic carbocycles. The minimum Gasteiger partial charge on any atom is -0.0654 e. The van der Waals surface area contributed by atoms with Gasteiger partial charge in [-0.1, -0.05) is 50.5 Å². The van der Waals surface area contributed by atoms with E-state index in [1.807, 2.05) is 0 Å². The maximum atomic E-state index is 3.74. The van der Waals surface area contributed by atoms with Gasteiger partial charge in [-0.2, -0.15) is 0 Å². The molecule has 1 rings (SSSR count). The van der Waals surface area contributed by atoms with Gasteiger partial charge >= 0.3 is 0 Å². The lowest BCUT2D eigenvalue weighted by atomic mass is 10.1. The monoisotopic (exact) mass is 406 g/mol. The summed E-state index contributed by atoms with van der Waals surface area (Å²) in [6, 6.07) is 8.54. The zero-order valence-electron chi connectivity index (χ0n) is 10.6. The minimum absolute atomic E-state index is 1.19. The maximum absolute atomic E-state index is 3.74. The van der Waals surface area contributed by atoms with Gasteiger partial charge in [0.1, 0.15) is 0 Å².